The molecule has 0 heterocycles. The van der Waals surface area contributed by atoms with Gasteiger partial charge in [0.25, 0.3) is 0 Å². The monoisotopic (exact) mass is 340 g/mol. The van der Waals surface area contributed by atoms with Gasteiger partial charge in [-0.05, 0) is 29.2 Å². The van der Waals surface area contributed by atoms with E-state index < -0.39 is 5.97 Å². The summed E-state index contributed by atoms with van der Waals surface area (Å²) in [6, 6.07) is 13.6. The Balaban J connectivity index is 1.97. The SMILES string of the molecule is COc1cccc(/C=C/C(=O)OCc2ccc(C(C)C)cc2)c1OC. The third-order valence-corrected chi connectivity index (χ3v) is 3.86. The first-order valence-electron chi connectivity index (χ1n) is 8.19. The minimum absolute atomic E-state index is 0.247. The zero-order valence-corrected chi connectivity index (χ0v) is 15.1. The van der Waals surface area contributed by atoms with Gasteiger partial charge in [0.2, 0.25) is 0 Å². The van der Waals surface area contributed by atoms with Crippen molar-refractivity contribution in [3.8, 4) is 11.5 Å². The molecule has 0 amide bonds. The van der Waals surface area contributed by atoms with Crippen LogP contribution in [0.15, 0.2) is 48.5 Å². The van der Waals surface area contributed by atoms with Gasteiger partial charge in [-0.15, -0.1) is 0 Å². The van der Waals surface area contributed by atoms with Gasteiger partial charge in [0.05, 0.1) is 14.2 Å². The second-order valence-corrected chi connectivity index (χ2v) is 5.92. The molecule has 0 bridgehead atoms. The number of ether oxygens (including phenoxy) is 3. The quantitative estimate of drug-likeness (QED) is 0.546. The summed E-state index contributed by atoms with van der Waals surface area (Å²) in [5, 5.41) is 0. The van der Waals surface area contributed by atoms with E-state index in [1.165, 1.54) is 11.6 Å². The van der Waals surface area contributed by atoms with Gasteiger partial charge in [-0.25, -0.2) is 4.79 Å². The summed E-state index contributed by atoms with van der Waals surface area (Å²) in [7, 11) is 3.14. The van der Waals surface area contributed by atoms with Crippen LogP contribution in [-0.4, -0.2) is 20.2 Å². The van der Waals surface area contributed by atoms with Gasteiger partial charge in [0.1, 0.15) is 6.61 Å². The lowest BCUT2D eigenvalue weighted by molar-refractivity contribution is -0.138. The maximum Gasteiger partial charge on any atom is 0.331 e. The second kappa shape index (κ2) is 8.92. The van der Waals surface area contributed by atoms with E-state index in [0.717, 1.165) is 11.1 Å². The Bertz CT molecular complexity index is 730. The zero-order chi connectivity index (χ0) is 18.2. The molecule has 0 aliphatic heterocycles. The number of hydrogen-bond acceptors (Lipinski definition) is 4. The number of para-hydroxylation sites is 1. The van der Waals surface area contributed by atoms with Crippen molar-refractivity contribution in [1.29, 1.82) is 0 Å². The molecular formula is C21H24O4. The maximum absolute atomic E-state index is 11.9. The van der Waals surface area contributed by atoms with Crippen LogP contribution in [0.4, 0.5) is 0 Å². The van der Waals surface area contributed by atoms with Crippen LogP contribution in [0.5, 0.6) is 11.5 Å². The second-order valence-electron chi connectivity index (χ2n) is 5.92. The summed E-state index contributed by atoms with van der Waals surface area (Å²) < 4.78 is 15.9. The third-order valence-electron chi connectivity index (χ3n) is 3.86. The molecule has 0 N–H and O–H groups in total. The number of carbonyl (C=O) groups excluding carboxylic acids is 1. The molecule has 0 radical (unpaired) electrons. The number of carbonyl (C=O) groups is 1. The lowest BCUT2D eigenvalue weighted by Gasteiger charge is -2.09. The molecule has 4 heteroatoms. The number of methoxy groups -OCH3 is 2. The molecule has 0 unspecified atom stereocenters. The fourth-order valence-corrected chi connectivity index (χ4v) is 2.40. The average Bonchev–Trinajstić information content (AvgIpc) is 2.64. The minimum Gasteiger partial charge on any atom is -0.493 e. The Morgan fingerprint density at radius 2 is 1.76 bits per heavy atom. The lowest BCUT2D eigenvalue weighted by Crippen LogP contribution is -2.01. The topological polar surface area (TPSA) is 44.8 Å². The number of rotatable bonds is 7. The van der Waals surface area contributed by atoms with Crippen LogP contribution in [0.25, 0.3) is 6.08 Å². The first-order valence-corrected chi connectivity index (χ1v) is 8.19. The van der Waals surface area contributed by atoms with Gasteiger partial charge in [-0.2, -0.15) is 0 Å². The molecule has 0 spiro atoms. The number of esters is 1. The van der Waals surface area contributed by atoms with Crippen molar-refractivity contribution in [2.75, 3.05) is 14.2 Å². The molecule has 0 aliphatic rings. The first kappa shape index (κ1) is 18.6. The summed E-state index contributed by atoms with van der Waals surface area (Å²) >= 11 is 0. The van der Waals surface area contributed by atoms with Crippen molar-refractivity contribution in [3.63, 3.8) is 0 Å². The van der Waals surface area contributed by atoms with Crippen LogP contribution in [0.3, 0.4) is 0 Å². The maximum atomic E-state index is 11.9. The predicted molar refractivity (Wildman–Crippen MR) is 98.9 cm³/mol. The Morgan fingerprint density at radius 3 is 2.36 bits per heavy atom. The first-order chi connectivity index (χ1) is 12.0. The van der Waals surface area contributed by atoms with Crippen molar-refractivity contribution >= 4 is 12.0 Å². The van der Waals surface area contributed by atoms with Crippen LogP contribution in [0.1, 0.15) is 36.5 Å². The van der Waals surface area contributed by atoms with Crippen LogP contribution in [0.2, 0.25) is 0 Å². The van der Waals surface area contributed by atoms with Crippen LogP contribution >= 0.6 is 0 Å². The molecule has 2 aromatic carbocycles. The fourth-order valence-electron chi connectivity index (χ4n) is 2.40. The molecule has 0 aliphatic carbocycles. The van der Waals surface area contributed by atoms with E-state index in [9.17, 15) is 4.79 Å². The standard InChI is InChI=1S/C21H24O4/c1-15(2)17-10-8-16(9-11-17)14-25-20(22)13-12-18-6-5-7-19(23-3)21(18)24-4/h5-13,15H,14H2,1-4H3/b13-12+. The molecule has 132 valence electrons. The number of benzene rings is 2. The Labute approximate surface area is 149 Å². The third kappa shape index (κ3) is 5.11. The highest BCUT2D eigenvalue weighted by atomic mass is 16.5. The van der Waals surface area contributed by atoms with E-state index in [0.29, 0.717) is 17.4 Å². The van der Waals surface area contributed by atoms with Crippen molar-refractivity contribution in [2.24, 2.45) is 0 Å². The van der Waals surface area contributed by atoms with Crippen LogP contribution in [-0.2, 0) is 16.1 Å². The highest BCUT2D eigenvalue weighted by Gasteiger charge is 2.07. The molecule has 2 aromatic rings. The average molecular weight is 340 g/mol. The Hall–Kier alpha value is -2.75. The molecule has 0 aromatic heterocycles. The minimum atomic E-state index is -0.405. The normalized spacial score (nSPS) is 10.9. The summed E-state index contributed by atoms with van der Waals surface area (Å²) in [6.45, 7) is 4.54. The van der Waals surface area contributed by atoms with E-state index in [1.807, 2.05) is 24.3 Å². The van der Waals surface area contributed by atoms with Gasteiger partial charge in [0, 0.05) is 11.6 Å². The molecular weight excluding hydrogens is 316 g/mol. The smallest absolute Gasteiger partial charge is 0.331 e. The van der Waals surface area contributed by atoms with E-state index in [-0.39, 0.29) is 6.61 Å². The van der Waals surface area contributed by atoms with Crippen molar-refractivity contribution in [3.05, 3.63) is 65.2 Å². The van der Waals surface area contributed by atoms with Gasteiger partial charge in [0.15, 0.2) is 11.5 Å². The lowest BCUT2D eigenvalue weighted by atomic mass is 10.0. The van der Waals surface area contributed by atoms with Crippen molar-refractivity contribution in [1.82, 2.24) is 0 Å². The highest BCUT2D eigenvalue weighted by Crippen LogP contribution is 2.31. The Morgan fingerprint density at radius 1 is 1.04 bits per heavy atom. The Kier molecular flexibility index (Phi) is 6.63. The molecule has 25 heavy (non-hydrogen) atoms. The largest absolute Gasteiger partial charge is 0.493 e. The summed E-state index contributed by atoms with van der Waals surface area (Å²) in [6.07, 6.45) is 3.05. The van der Waals surface area contributed by atoms with Crippen LogP contribution < -0.4 is 9.47 Å². The van der Waals surface area contributed by atoms with E-state index in [2.05, 4.69) is 26.0 Å². The predicted octanol–water partition coefficient (Wildman–Crippen LogP) is 4.58. The summed E-state index contributed by atoms with van der Waals surface area (Å²) in [5.74, 6) is 1.27. The molecule has 4 nitrogen and oxygen atoms in total. The molecule has 2 rings (SSSR count). The molecule has 0 fully saturated rings. The summed E-state index contributed by atoms with van der Waals surface area (Å²) in [4.78, 5) is 11.9. The highest BCUT2D eigenvalue weighted by molar-refractivity contribution is 5.87. The van der Waals surface area contributed by atoms with Gasteiger partial charge in [-0.1, -0.05) is 50.2 Å². The van der Waals surface area contributed by atoms with Gasteiger partial charge < -0.3 is 14.2 Å². The summed E-state index contributed by atoms with van der Waals surface area (Å²) in [5.41, 5.74) is 2.98. The van der Waals surface area contributed by atoms with Crippen molar-refractivity contribution in [2.45, 2.75) is 26.4 Å². The van der Waals surface area contributed by atoms with E-state index in [1.54, 1.807) is 26.4 Å². The van der Waals surface area contributed by atoms with E-state index in [4.69, 9.17) is 14.2 Å². The zero-order valence-electron chi connectivity index (χ0n) is 15.1. The van der Waals surface area contributed by atoms with Gasteiger partial charge in [-0.3, -0.25) is 0 Å². The van der Waals surface area contributed by atoms with Crippen molar-refractivity contribution < 1.29 is 19.0 Å². The fraction of sp³-hybridized carbons (Fsp3) is 0.286. The number of hydrogen-bond donors (Lipinski definition) is 0. The van der Waals surface area contributed by atoms with Gasteiger partial charge >= 0.3 is 5.97 Å². The molecule has 0 atom stereocenters. The van der Waals surface area contributed by atoms with E-state index >= 15 is 0 Å². The molecule has 0 saturated heterocycles. The van der Waals surface area contributed by atoms with Crippen LogP contribution in [0, 0.1) is 0 Å². The molecule has 0 saturated carbocycles.